The average molecular weight is 237 g/mol. The molecule has 0 saturated heterocycles. The van der Waals surface area contributed by atoms with E-state index < -0.39 is 0 Å². The Morgan fingerprint density at radius 1 is 1.22 bits per heavy atom. The van der Waals surface area contributed by atoms with E-state index in [2.05, 4.69) is 52.8 Å². The Bertz CT molecular complexity index is 698. The normalized spacial score (nSPS) is 11.0. The van der Waals surface area contributed by atoms with Crippen LogP contribution in [0.5, 0.6) is 0 Å². The van der Waals surface area contributed by atoms with Crippen LogP contribution >= 0.6 is 0 Å². The van der Waals surface area contributed by atoms with Crippen LogP contribution in [0, 0.1) is 6.92 Å². The van der Waals surface area contributed by atoms with Crippen LogP contribution in [-0.4, -0.2) is 9.38 Å². The lowest BCUT2D eigenvalue weighted by Crippen LogP contribution is -1.99. The molecule has 3 aromatic rings. The highest BCUT2D eigenvalue weighted by molar-refractivity contribution is 5.63. The molecule has 0 spiro atoms. The molecule has 0 bridgehead atoms. The zero-order chi connectivity index (χ0) is 12.5. The van der Waals surface area contributed by atoms with Crippen molar-refractivity contribution in [2.24, 2.45) is 5.73 Å². The third kappa shape index (κ3) is 1.79. The third-order valence-electron chi connectivity index (χ3n) is 3.10. The molecule has 0 fully saturated rings. The molecule has 90 valence electrons. The molecule has 0 atom stereocenters. The number of hydrogen-bond donors (Lipinski definition) is 1. The minimum Gasteiger partial charge on any atom is -0.326 e. The first kappa shape index (κ1) is 11.0. The van der Waals surface area contributed by atoms with Crippen LogP contribution in [0.25, 0.3) is 16.9 Å². The van der Waals surface area contributed by atoms with Gasteiger partial charge in [0.15, 0.2) is 0 Å². The van der Waals surface area contributed by atoms with Crippen LogP contribution < -0.4 is 5.73 Å². The summed E-state index contributed by atoms with van der Waals surface area (Å²) in [5.41, 5.74) is 10.2. The Kier molecular flexibility index (Phi) is 2.61. The lowest BCUT2D eigenvalue weighted by molar-refractivity contribution is 1.03. The predicted octanol–water partition coefficient (Wildman–Crippen LogP) is 2.77. The molecule has 0 saturated carbocycles. The summed E-state index contributed by atoms with van der Waals surface area (Å²) in [6.07, 6.45) is 3.94. The van der Waals surface area contributed by atoms with E-state index in [9.17, 15) is 0 Å². The van der Waals surface area contributed by atoms with Crippen LogP contribution in [0.15, 0.2) is 48.8 Å². The van der Waals surface area contributed by atoms with Gasteiger partial charge in [-0.25, -0.2) is 4.98 Å². The summed E-state index contributed by atoms with van der Waals surface area (Å²) in [4.78, 5) is 4.50. The van der Waals surface area contributed by atoms with E-state index in [0.29, 0.717) is 6.54 Å². The van der Waals surface area contributed by atoms with Gasteiger partial charge in [0, 0.05) is 18.3 Å². The van der Waals surface area contributed by atoms with Gasteiger partial charge in [0.05, 0.1) is 11.7 Å². The lowest BCUT2D eigenvalue weighted by atomic mass is 10.1. The summed E-state index contributed by atoms with van der Waals surface area (Å²) in [5.74, 6) is 0.962. The fraction of sp³-hybridized carbons (Fsp3) is 0.133. The summed E-state index contributed by atoms with van der Waals surface area (Å²) < 4.78 is 2.09. The fourth-order valence-electron chi connectivity index (χ4n) is 2.15. The third-order valence-corrected chi connectivity index (χ3v) is 3.10. The van der Waals surface area contributed by atoms with E-state index >= 15 is 0 Å². The Labute approximate surface area is 106 Å². The summed E-state index contributed by atoms with van der Waals surface area (Å²) in [7, 11) is 0. The number of nitrogens with zero attached hydrogens (tertiary/aromatic N) is 2. The summed E-state index contributed by atoms with van der Waals surface area (Å²) in [5, 5.41) is 0. The maximum Gasteiger partial charge on any atom is 0.144 e. The highest BCUT2D eigenvalue weighted by Gasteiger charge is 2.06. The van der Waals surface area contributed by atoms with E-state index in [1.807, 2.05) is 12.3 Å². The van der Waals surface area contributed by atoms with E-state index in [-0.39, 0.29) is 0 Å². The largest absolute Gasteiger partial charge is 0.326 e. The maximum absolute atomic E-state index is 5.69. The smallest absolute Gasteiger partial charge is 0.144 e. The number of rotatable bonds is 2. The molecule has 2 heterocycles. The number of pyridine rings is 1. The second kappa shape index (κ2) is 4.27. The van der Waals surface area contributed by atoms with E-state index in [1.165, 1.54) is 5.56 Å². The van der Waals surface area contributed by atoms with Crippen molar-refractivity contribution in [1.82, 2.24) is 9.38 Å². The number of nitrogens with two attached hydrogens (primary N) is 1. The first-order valence-corrected chi connectivity index (χ1v) is 6.01. The first-order chi connectivity index (χ1) is 8.78. The number of aromatic nitrogens is 2. The number of benzene rings is 1. The zero-order valence-electron chi connectivity index (χ0n) is 10.3. The molecule has 2 aromatic heterocycles. The van der Waals surface area contributed by atoms with Crippen molar-refractivity contribution in [3.63, 3.8) is 0 Å². The maximum atomic E-state index is 5.69. The number of hydrogen-bond acceptors (Lipinski definition) is 2. The molecule has 0 radical (unpaired) electrons. The van der Waals surface area contributed by atoms with Crippen molar-refractivity contribution < 1.29 is 0 Å². The van der Waals surface area contributed by atoms with Crippen molar-refractivity contribution in [3.8, 4) is 11.4 Å². The van der Waals surface area contributed by atoms with Crippen LogP contribution in [-0.2, 0) is 6.54 Å². The van der Waals surface area contributed by atoms with Crippen LogP contribution in [0.1, 0.15) is 11.1 Å². The number of imidazole rings is 1. The standard InChI is InChI=1S/C15H15N3/c1-11-3-2-4-13(7-11)15-17-9-14-6-5-12(8-16)10-18(14)15/h2-7,9-10H,8,16H2,1H3. The quantitative estimate of drug-likeness (QED) is 0.744. The zero-order valence-corrected chi connectivity index (χ0v) is 10.3. The summed E-state index contributed by atoms with van der Waals surface area (Å²) >= 11 is 0. The molecule has 0 unspecified atom stereocenters. The first-order valence-electron chi connectivity index (χ1n) is 6.01. The van der Waals surface area contributed by atoms with Crippen molar-refractivity contribution in [2.45, 2.75) is 13.5 Å². The van der Waals surface area contributed by atoms with Crippen molar-refractivity contribution in [2.75, 3.05) is 0 Å². The molecule has 0 aliphatic carbocycles. The summed E-state index contributed by atoms with van der Waals surface area (Å²) in [6, 6.07) is 12.5. The van der Waals surface area contributed by atoms with Gasteiger partial charge in [-0.05, 0) is 24.6 Å². The van der Waals surface area contributed by atoms with Crippen LogP contribution in [0.4, 0.5) is 0 Å². The average Bonchev–Trinajstić information content (AvgIpc) is 2.81. The molecule has 0 amide bonds. The predicted molar refractivity (Wildman–Crippen MR) is 73.3 cm³/mol. The summed E-state index contributed by atoms with van der Waals surface area (Å²) in [6.45, 7) is 2.63. The van der Waals surface area contributed by atoms with Gasteiger partial charge < -0.3 is 5.73 Å². The molecular weight excluding hydrogens is 222 g/mol. The fourth-order valence-corrected chi connectivity index (χ4v) is 2.15. The van der Waals surface area contributed by atoms with Gasteiger partial charge in [0.25, 0.3) is 0 Å². The van der Waals surface area contributed by atoms with Gasteiger partial charge in [-0.15, -0.1) is 0 Å². The molecule has 2 N–H and O–H groups in total. The number of fused-ring (bicyclic) bond motifs is 1. The highest BCUT2D eigenvalue weighted by atomic mass is 15.0. The Morgan fingerprint density at radius 2 is 2.11 bits per heavy atom. The van der Waals surface area contributed by atoms with Gasteiger partial charge in [-0.3, -0.25) is 4.40 Å². The Balaban J connectivity index is 2.22. The Morgan fingerprint density at radius 3 is 2.89 bits per heavy atom. The molecule has 0 aliphatic rings. The van der Waals surface area contributed by atoms with Gasteiger partial charge >= 0.3 is 0 Å². The second-order valence-electron chi connectivity index (χ2n) is 4.49. The van der Waals surface area contributed by atoms with Gasteiger partial charge in [-0.1, -0.05) is 29.8 Å². The van der Waals surface area contributed by atoms with Crippen molar-refractivity contribution >= 4 is 5.52 Å². The SMILES string of the molecule is Cc1cccc(-c2ncc3ccc(CN)cn23)c1. The van der Waals surface area contributed by atoms with Gasteiger partial charge in [-0.2, -0.15) is 0 Å². The number of aryl methyl sites for hydroxylation is 1. The molecule has 3 rings (SSSR count). The molecule has 3 heteroatoms. The van der Waals surface area contributed by atoms with Crippen molar-refractivity contribution in [1.29, 1.82) is 0 Å². The monoisotopic (exact) mass is 237 g/mol. The highest BCUT2D eigenvalue weighted by Crippen LogP contribution is 2.21. The molecule has 1 aromatic carbocycles. The Hall–Kier alpha value is -2.13. The van der Waals surface area contributed by atoms with Crippen molar-refractivity contribution in [3.05, 3.63) is 59.9 Å². The van der Waals surface area contributed by atoms with Gasteiger partial charge in [0.2, 0.25) is 0 Å². The molecular formula is C15H15N3. The van der Waals surface area contributed by atoms with E-state index in [0.717, 1.165) is 22.5 Å². The van der Waals surface area contributed by atoms with Crippen LogP contribution in [0.3, 0.4) is 0 Å². The van der Waals surface area contributed by atoms with Crippen LogP contribution in [0.2, 0.25) is 0 Å². The van der Waals surface area contributed by atoms with E-state index in [1.54, 1.807) is 0 Å². The lowest BCUT2D eigenvalue weighted by Gasteiger charge is -2.04. The second-order valence-corrected chi connectivity index (χ2v) is 4.49. The minimum atomic E-state index is 0.543. The molecule has 0 aliphatic heterocycles. The molecule has 18 heavy (non-hydrogen) atoms. The topological polar surface area (TPSA) is 43.3 Å². The minimum absolute atomic E-state index is 0.543. The van der Waals surface area contributed by atoms with Gasteiger partial charge in [0.1, 0.15) is 5.82 Å². The molecule has 3 nitrogen and oxygen atoms in total. The van der Waals surface area contributed by atoms with E-state index in [4.69, 9.17) is 5.73 Å².